The summed E-state index contributed by atoms with van der Waals surface area (Å²) in [7, 11) is 1.25. The highest BCUT2D eigenvalue weighted by Crippen LogP contribution is 1.68. The second kappa shape index (κ2) is 7.30. The topological polar surface area (TPSA) is 81.4 Å². The summed E-state index contributed by atoms with van der Waals surface area (Å²) in [6.45, 7) is -0.233. The first kappa shape index (κ1) is 12.8. The van der Waals surface area contributed by atoms with E-state index in [1.54, 1.807) is 0 Å². The molecule has 0 spiro atoms. The van der Waals surface area contributed by atoms with E-state index in [1.165, 1.54) is 7.11 Å². The number of rotatable bonds is 3. The fourth-order valence-electron chi connectivity index (χ4n) is 0.315. The van der Waals surface area contributed by atoms with Gasteiger partial charge in [0.2, 0.25) is 5.91 Å². The third-order valence-corrected chi connectivity index (χ3v) is 0.843. The molecule has 6 heteroatoms. The highest BCUT2D eigenvalue weighted by Gasteiger charge is 2.01. The molecule has 0 atom stereocenters. The number of nitrogens with one attached hydrogen (secondary N) is 1. The van der Waals surface area contributed by atoms with Crippen LogP contribution in [0.1, 0.15) is 0 Å². The van der Waals surface area contributed by atoms with Crippen LogP contribution in [-0.4, -0.2) is 32.1 Å². The van der Waals surface area contributed by atoms with Gasteiger partial charge in [-0.3, -0.25) is 9.59 Å². The number of amides is 1. The third kappa shape index (κ3) is 7.08. The molecule has 0 unspecified atom stereocenters. The molecule has 0 saturated heterocycles. The van der Waals surface area contributed by atoms with Crippen molar-refractivity contribution in [1.29, 1.82) is 0 Å². The Balaban J connectivity index is 0. The number of esters is 1. The summed E-state index contributed by atoms with van der Waals surface area (Å²) in [5.41, 5.74) is 4.94. The SMILES string of the molecule is COC(=O)CNC(=O)CN.Cl. The van der Waals surface area contributed by atoms with E-state index in [0.29, 0.717) is 0 Å². The van der Waals surface area contributed by atoms with Crippen LogP contribution in [0.2, 0.25) is 0 Å². The van der Waals surface area contributed by atoms with Gasteiger partial charge in [0, 0.05) is 0 Å². The van der Waals surface area contributed by atoms with Crippen molar-refractivity contribution in [3.8, 4) is 0 Å². The van der Waals surface area contributed by atoms with E-state index in [1.807, 2.05) is 0 Å². The Morgan fingerprint density at radius 2 is 2.09 bits per heavy atom. The van der Waals surface area contributed by atoms with E-state index >= 15 is 0 Å². The van der Waals surface area contributed by atoms with Gasteiger partial charge >= 0.3 is 5.97 Å². The normalized spacial score (nSPS) is 7.82. The number of methoxy groups -OCH3 is 1. The molecule has 0 aliphatic heterocycles. The minimum absolute atomic E-state index is 0. The number of carbonyl (C=O) groups excluding carboxylic acids is 2. The van der Waals surface area contributed by atoms with Crippen LogP contribution in [0.5, 0.6) is 0 Å². The maximum Gasteiger partial charge on any atom is 0.325 e. The fraction of sp³-hybridized carbons (Fsp3) is 0.600. The highest BCUT2D eigenvalue weighted by molar-refractivity contribution is 5.85. The zero-order valence-electron chi connectivity index (χ0n) is 6.12. The van der Waals surface area contributed by atoms with Gasteiger partial charge in [0.1, 0.15) is 6.54 Å². The monoisotopic (exact) mass is 182 g/mol. The standard InChI is InChI=1S/C5H10N2O3.ClH/c1-10-5(9)3-7-4(8)2-6;/h2-3,6H2,1H3,(H,7,8);1H. The average molecular weight is 183 g/mol. The van der Waals surface area contributed by atoms with Crippen molar-refractivity contribution in [2.45, 2.75) is 0 Å². The van der Waals surface area contributed by atoms with Gasteiger partial charge in [-0.25, -0.2) is 0 Å². The molecule has 0 aliphatic rings. The van der Waals surface area contributed by atoms with Gasteiger partial charge in [0.15, 0.2) is 0 Å². The predicted molar refractivity (Wildman–Crippen MR) is 41.3 cm³/mol. The predicted octanol–water partition coefficient (Wildman–Crippen LogP) is -1.34. The van der Waals surface area contributed by atoms with Gasteiger partial charge in [-0.05, 0) is 0 Å². The first-order valence-electron chi connectivity index (χ1n) is 2.74. The fourth-order valence-corrected chi connectivity index (χ4v) is 0.315. The molecule has 0 aromatic rings. The molecule has 3 N–H and O–H groups in total. The van der Waals surface area contributed by atoms with E-state index in [-0.39, 0.29) is 31.4 Å². The molecule has 0 rings (SSSR count). The van der Waals surface area contributed by atoms with Crippen molar-refractivity contribution in [2.75, 3.05) is 20.2 Å². The highest BCUT2D eigenvalue weighted by atomic mass is 35.5. The lowest BCUT2D eigenvalue weighted by atomic mass is 10.5. The number of carbonyl (C=O) groups is 2. The molecule has 0 aliphatic carbocycles. The second-order valence-corrected chi connectivity index (χ2v) is 1.56. The summed E-state index contributed by atoms with van der Waals surface area (Å²) in [5.74, 6) is -0.854. The lowest BCUT2D eigenvalue weighted by Gasteiger charge is -1.99. The first-order valence-corrected chi connectivity index (χ1v) is 2.74. The Morgan fingerprint density at radius 1 is 1.55 bits per heavy atom. The maximum absolute atomic E-state index is 10.4. The summed E-state index contributed by atoms with van der Waals surface area (Å²) in [5, 5.41) is 2.24. The van der Waals surface area contributed by atoms with Crippen LogP contribution in [0.25, 0.3) is 0 Å². The Morgan fingerprint density at radius 3 is 2.45 bits per heavy atom. The number of ether oxygens (including phenoxy) is 1. The van der Waals surface area contributed by atoms with E-state index < -0.39 is 5.97 Å². The van der Waals surface area contributed by atoms with Crippen molar-refractivity contribution < 1.29 is 14.3 Å². The Hall–Kier alpha value is -0.810. The van der Waals surface area contributed by atoms with E-state index in [0.717, 1.165) is 0 Å². The van der Waals surface area contributed by atoms with E-state index in [9.17, 15) is 9.59 Å². The van der Waals surface area contributed by atoms with Crippen molar-refractivity contribution in [1.82, 2.24) is 5.32 Å². The van der Waals surface area contributed by atoms with E-state index in [2.05, 4.69) is 10.1 Å². The molecule has 0 aromatic heterocycles. The lowest BCUT2D eigenvalue weighted by Crippen LogP contribution is -2.34. The number of hydrogen-bond donors (Lipinski definition) is 2. The van der Waals surface area contributed by atoms with Gasteiger partial charge in [0.05, 0.1) is 13.7 Å². The van der Waals surface area contributed by atoms with Crippen LogP contribution in [0.4, 0.5) is 0 Å². The Kier molecular flexibility index (Phi) is 8.51. The van der Waals surface area contributed by atoms with Crippen molar-refractivity contribution in [3.63, 3.8) is 0 Å². The Bertz CT molecular complexity index is 124. The first-order chi connectivity index (χ1) is 4.70. The smallest absolute Gasteiger partial charge is 0.325 e. The van der Waals surface area contributed by atoms with Crippen LogP contribution in [0.15, 0.2) is 0 Å². The molecule has 0 saturated carbocycles. The molecule has 1 amide bonds. The minimum Gasteiger partial charge on any atom is -0.468 e. The summed E-state index contributed by atoms with van der Waals surface area (Å²) < 4.78 is 4.25. The molecule has 0 radical (unpaired) electrons. The summed E-state index contributed by atoms with van der Waals surface area (Å²) in [6.07, 6.45) is 0. The molecule has 0 aromatic carbocycles. The van der Waals surface area contributed by atoms with Crippen molar-refractivity contribution in [3.05, 3.63) is 0 Å². The molecule has 0 bridgehead atoms. The summed E-state index contributed by atoms with van der Waals surface area (Å²) in [6, 6.07) is 0. The zero-order valence-corrected chi connectivity index (χ0v) is 6.94. The maximum atomic E-state index is 10.4. The van der Waals surface area contributed by atoms with Gasteiger partial charge in [-0.2, -0.15) is 0 Å². The molecule has 11 heavy (non-hydrogen) atoms. The van der Waals surface area contributed by atoms with Gasteiger partial charge in [-0.15, -0.1) is 12.4 Å². The number of nitrogens with two attached hydrogens (primary N) is 1. The van der Waals surface area contributed by atoms with Crippen LogP contribution in [0.3, 0.4) is 0 Å². The average Bonchev–Trinajstić information content (AvgIpc) is 1.99. The van der Waals surface area contributed by atoms with Crippen molar-refractivity contribution >= 4 is 24.3 Å². The molecular formula is C5H11ClN2O3. The number of halogens is 1. The van der Waals surface area contributed by atoms with Gasteiger partial charge in [-0.1, -0.05) is 0 Å². The van der Waals surface area contributed by atoms with Gasteiger partial charge in [0.25, 0.3) is 0 Å². The van der Waals surface area contributed by atoms with E-state index in [4.69, 9.17) is 5.73 Å². The molecular weight excluding hydrogens is 172 g/mol. The van der Waals surface area contributed by atoms with Crippen LogP contribution >= 0.6 is 12.4 Å². The molecule has 66 valence electrons. The van der Waals surface area contributed by atoms with Crippen LogP contribution in [0, 0.1) is 0 Å². The third-order valence-electron chi connectivity index (χ3n) is 0.843. The second-order valence-electron chi connectivity index (χ2n) is 1.56. The Labute approximate surface area is 70.7 Å². The van der Waals surface area contributed by atoms with Crippen LogP contribution < -0.4 is 11.1 Å². The summed E-state index contributed by atoms with van der Waals surface area (Å²) in [4.78, 5) is 20.7. The quantitative estimate of drug-likeness (QED) is 0.530. The number of hydrogen-bond acceptors (Lipinski definition) is 4. The lowest BCUT2D eigenvalue weighted by molar-refractivity contribution is -0.141. The largest absolute Gasteiger partial charge is 0.468 e. The van der Waals surface area contributed by atoms with Crippen molar-refractivity contribution in [2.24, 2.45) is 5.73 Å². The van der Waals surface area contributed by atoms with Gasteiger partial charge < -0.3 is 15.8 Å². The molecule has 5 nitrogen and oxygen atoms in total. The zero-order chi connectivity index (χ0) is 7.98. The molecule has 0 fully saturated rings. The molecule has 0 heterocycles. The van der Waals surface area contributed by atoms with Crippen LogP contribution in [-0.2, 0) is 14.3 Å². The summed E-state index contributed by atoms with van der Waals surface area (Å²) >= 11 is 0. The minimum atomic E-state index is -0.484.